The van der Waals surface area contributed by atoms with E-state index in [0.29, 0.717) is 13.0 Å². The molecule has 0 heterocycles. The van der Waals surface area contributed by atoms with Crippen molar-refractivity contribution >= 4 is 15.9 Å². The Bertz CT molecular complexity index is 385. The Hall–Kier alpha value is -0.520. The molecule has 0 fully saturated rings. The quantitative estimate of drug-likeness (QED) is 0.845. The van der Waals surface area contributed by atoms with Gasteiger partial charge >= 0.3 is 0 Å². The number of aliphatic hydroxyl groups excluding tert-OH is 1. The second-order valence-corrected chi connectivity index (χ2v) is 5.13. The van der Waals surface area contributed by atoms with Gasteiger partial charge in [-0.1, -0.05) is 0 Å². The molecule has 1 N–H and O–H groups in total. The van der Waals surface area contributed by atoms with Gasteiger partial charge in [-0.3, -0.25) is 0 Å². The van der Waals surface area contributed by atoms with Gasteiger partial charge in [0.2, 0.25) is 0 Å². The van der Waals surface area contributed by atoms with Crippen LogP contribution < -0.4 is 0 Å². The highest BCUT2D eigenvalue weighted by Crippen LogP contribution is 2.23. The van der Waals surface area contributed by atoms with E-state index in [4.69, 9.17) is 0 Å². The standard InChI is InChI=1S/C12H16BrF2NO/c1-16(2)6-5-8(17)7-9-11(14)4-3-10(13)12(9)15/h3-4,8,17H,5-7H2,1-2H3. The highest BCUT2D eigenvalue weighted by Gasteiger charge is 2.16. The fourth-order valence-corrected chi connectivity index (χ4v) is 1.87. The van der Waals surface area contributed by atoms with E-state index in [9.17, 15) is 13.9 Å². The maximum absolute atomic E-state index is 13.6. The summed E-state index contributed by atoms with van der Waals surface area (Å²) < 4.78 is 27.2. The monoisotopic (exact) mass is 307 g/mol. The summed E-state index contributed by atoms with van der Waals surface area (Å²) >= 11 is 3.00. The summed E-state index contributed by atoms with van der Waals surface area (Å²) in [6.45, 7) is 0.679. The normalized spacial score (nSPS) is 13.1. The van der Waals surface area contributed by atoms with Crippen LogP contribution >= 0.6 is 15.9 Å². The van der Waals surface area contributed by atoms with Crippen molar-refractivity contribution in [2.24, 2.45) is 0 Å². The number of rotatable bonds is 5. The average Bonchev–Trinajstić information content (AvgIpc) is 2.27. The summed E-state index contributed by atoms with van der Waals surface area (Å²) in [5.41, 5.74) is -0.0642. The second-order valence-electron chi connectivity index (χ2n) is 4.27. The lowest BCUT2D eigenvalue weighted by Gasteiger charge is -2.15. The molecule has 0 saturated carbocycles. The topological polar surface area (TPSA) is 23.5 Å². The molecular weight excluding hydrogens is 292 g/mol. The number of aliphatic hydroxyl groups is 1. The largest absolute Gasteiger partial charge is 0.393 e. The molecule has 0 radical (unpaired) electrons. The number of hydrogen-bond acceptors (Lipinski definition) is 2. The molecule has 0 saturated heterocycles. The SMILES string of the molecule is CN(C)CCC(O)Cc1c(F)ccc(Br)c1F. The number of nitrogens with zero attached hydrogens (tertiary/aromatic N) is 1. The van der Waals surface area contributed by atoms with Crippen molar-refractivity contribution in [1.29, 1.82) is 0 Å². The van der Waals surface area contributed by atoms with Crippen LogP contribution in [0.1, 0.15) is 12.0 Å². The van der Waals surface area contributed by atoms with E-state index < -0.39 is 17.7 Å². The molecule has 0 amide bonds. The van der Waals surface area contributed by atoms with Crippen molar-refractivity contribution in [3.63, 3.8) is 0 Å². The smallest absolute Gasteiger partial charge is 0.143 e. The average molecular weight is 308 g/mol. The zero-order valence-electron chi connectivity index (χ0n) is 9.88. The molecule has 0 spiro atoms. The minimum atomic E-state index is -0.740. The maximum atomic E-state index is 13.6. The van der Waals surface area contributed by atoms with E-state index in [-0.39, 0.29) is 16.5 Å². The minimum Gasteiger partial charge on any atom is -0.393 e. The van der Waals surface area contributed by atoms with Crippen molar-refractivity contribution in [2.45, 2.75) is 18.9 Å². The van der Waals surface area contributed by atoms with Crippen LogP contribution in [-0.4, -0.2) is 36.8 Å². The van der Waals surface area contributed by atoms with Crippen molar-refractivity contribution in [1.82, 2.24) is 4.90 Å². The van der Waals surface area contributed by atoms with Crippen molar-refractivity contribution in [2.75, 3.05) is 20.6 Å². The first-order valence-electron chi connectivity index (χ1n) is 5.37. The molecule has 5 heteroatoms. The Morgan fingerprint density at radius 3 is 2.59 bits per heavy atom. The van der Waals surface area contributed by atoms with Crippen molar-refractivity contribution in [3.05, 3.63) is 33.8 Å². The molecule has 17 heavy (non-hydrogen) atoms. The Labute approximate surface area is 108 Å². The summed E-state index contributed by atoms with van der Waals surface area (Å²) in [4.78, 5) is 1.91. The fourth-order valence-electron chi connectivity index (χ4n) is 1.50. The van der Waals surface area contributed by atoms with Crippen LogP contribution in [0.2, 0.25) is 0 Å². The molecule has 1 rings (SSSR count). The van der Waals surface area contributed by atoms with E-state index in [1.54, 1.807) is 0 Å². The minimum absolute atomic E-state index is 0.00898. The lowest BCUT2D eigenvalue weighted by molar-refractivity contribution is 0.150. The van der Waals surface area contributed by atoms with Gasteiger partial charge in [-0.05, 0) is 55.1 Å². The third-order valence-corrected chi connectivity index (χ3v) is 3.10. The summed E-state index contributed by atoms with van der Waals surface area (Å²) in [5.74, 6) is -1.25. The summed E-state index contributed by atoms with van der Waals surface area (Å²) in [6, 6.07) is 2.52. The first-order chi connectivity index (χ1) is 7.91. The molecule has 0 aliphatic rings. The second kappa shape index (κ2) is 6.42. The first-order valence-corrected chi connectivity index (χ1v) is 6.16. The molecule has 1 aromatic carbocycles. The Kier molecular flexibility index (Phi) is 5.49. The lowest BCUT2D eigenvalue weighted by atomic mass is 10.0. The number of halogens is 3. The zero-order chi connectivity index (χ0) is 13.0. The number of benzene rings is 1. The van der Waals surface area contributed by atoms with Crippen LogP contribution in [0, 0.1) is 11.6 Å². The van der Waals surface area contributed by atoms with Crippen molar-refractivity contribution in [3.8, 4) is 0 Å². The van der Waals surface area contributed by atoms with Gasteiger partial charge in [-0.2, -0.15) is 0 Å². The van der Waals surface area contributed by atoms with Crippen LogP contribution in [0.5, 0.6) is 0 Å². The zero-order valence-corrected chi connectivity index (χ0v) is 11.5. The molecule has 0 bridgehead atoms. The Morgan fingerprint density at radius 2 is 2.00 bits per heavy atom. The maximum Gasteiger partial charge on any atom is 0.143 e. The molecule has 0 aromatic heterocycles. The van der Waals surface area contributed by atoms with Gasteiger partial charge in [0.15, 0.2) is 0 Å². The van der Waals surface area contributed by atoms with Crippen LogP contribution in [-0.2, 0) is 6.42 Å². The predicted octanol–water partition coefficient (Wildman–Crippen LogP) is 2.58. The highest BCUT2D eigenvalue weighted by atomic mass is 79.9. The van der Waals surface area contributed by atoms with Crippen LogP contribution in [0.4, 0.5) is 8.78 Å². The molecule has 1 atom stereocenters. The van der Waals surface area contributed by atoms with Gasteiger partial charge in [0.05, 0.1) is 10.6 Å². The first kappa shape index (κ1) is 14.5. The molecule has 0 aliphatic carbocycles. The van der Waals surface area contributed by atoms with Crippen LogP contribution in [0.15, 0.2) is 16.6 Å². The van der Waals surface area contributed by atoms with E-state index in [1.807, 2.05) is 19.0 Å². The third kappa shape index (κ3) is 4.33. The molecule has 1 unspecified atom stereocenters. The summed E-state index contributed by atoms with van der Waals surface area (Å²) in [5, 5.41) is 9.72. The van der Waals surface area contributed by atoms with Gasteiger partial charge in [0.1, 0.15) is 11.6 Å². The van der Waals surface area contributed by atoms with Gasteiger partial charge < -0.3 is 10.0 Å². The van der Waals surface area contributed by atoms with Gasteiger partial charge in [0.25, 0.3) is 0 Å². The highest BCUT2D eigenvalue weighted by molar-refractivity contribution is 9.10. The van der Waals surface area contributed by atoms with Gasteiger partial charge in [-0.15, -0.1) is 0 Å². The van der Waals surface area contributed by atoms with E-state index in [2.05, 4.69) is 15.9 Å². The third-order valence-electron chi connectivity index (χ3n) is 2.49. The molecule has 2 nitrogen and oxygen atoms in total. The van der Waals surface area contributed by atoms with Gasteiger partial charge in [-0.25, -0.2) is 8.78 Å². The van der Waals surface area contributed by atoms with Crippen LogP contribution in [0.3, 0.4) is 0 Å². The molecule has 0 aliphatic heterocycles. The predicted molar refractivity (Wildman–Crippen MR) is 66.9 cm³/mol. The van der Waals surface area contributed by atoms with Gasteiger partial charge in [0, 0.05) is 12.0 Å². The van der Waals surface area contributed by atoms with Crippen LogP contribution in [0.25, 0.3) is 0 Å². The summed E-state index contributed by atoms with van der Waals surface area (Å²) in [7, 11) is 3.76. The molecular formula is C12H16BrF2NO. The lowest BCUT2D eigenvalue weighted by Crippen LogP contribution is -2.21. The number of hydrogen-bond donors (Lipinski definition) is 1. The Morgan fingerprint density at radius 1 is 1.35 bits per heavy atom. The fraction of sp³-hybridized carbons (Fsp3) is 0.500. The van der Waals surface area contributed by atoms with E-state index in [0.717, 1.165) is 0 Å². The Balaban J connectivity index is 2.71. The van der Waals surface area contributed by atoms with E-state index >= 15 is 0 Å². The van der Waals surface area contributed by atoms with Crippen molar-refractivity contribution < 1.29 is 13.9 Å². The molecule has 1 aromatic rings. The van der Waals surface area contributed by atoms with E-state index in [1.165, 1.54) is 12.1 Å². The summed E-state index contributed by atoms with van der Waals surface area (Å²) in [6.07, 6.45) is -0.265. The molecule has 96 valence electrons.